The van der Waals surface area contributed by atoms with E-state index >= 15 is 0 Å². The molecule has 2 saturated heterocycles. The van der Waals surface area contributed by atoms with E-state index in [9.17, 15) is 24.0 Å². The fourth-order valence-electron chi connectivity index (χ4n) is 7.49. The lowest BCUT2D eigenvalue weighted by Crippen LogP contribution is -2.59. The first-order valence-electron chi connectivity index (χ1n) is 15.5. The van der Waals surface area contributed by atoms with E-state index in [-0.39, 0.29) is 42.1 Å². The summed E-state index contributed by atoms with van der Waals surface area (Å²) in [5.74, 6) is -6.58. The molecule has 44 heavy (non-hydrogen) atoms. The van der Waals surface area contributed by atoms with E-state index in [2.05, 4.69) is 6.08 Å². The topological polar surface area (TPSA) is 132 Å². The number of methoxy groups -OCH3 is 3. The molecule has 5 bridgehead atoms. The van der Waals surface area contributed by atoms with E-state index < -0.39 is 59.4 Å². The highest BCUT2D eigenvalue weighted by atomic mass is 16.7. The summed E-state index contributed by atoms with van der Waals surface area (Å²) in [6, 6.07) is 0. The largest absolute Gasteiger partial charge is 0.469 e. The van der Waals surface area contributed by atoms with Gasteiger partial charge in [0.15, 0.2) is 5.78 Å². The monoisotopic (exact) mass is 612 g/mol. The van der Waals surface area contributed by atoms with Gasteiger partial charge in [-0.15, -0.1) is 0 Å². The first kappa shape index (κ1) is 33.4. The minimum absolute atomic E-state index is 0.00656. The van der Waals surface area contributed by atoms with Crippen LogP contribution in [0.15, 0.2) is 47.1 Å². The van der Waals surface area contributed by atoms with Crippen LogP contribution in [-0.4, -0.2) is 62.9 Å². The maximum Gasteiger partial charge on any atom is 0.334 e. The Hall–Kier alpha value is -3.53. The molecule has 0 N–H and O–H groups in total. The maximum atomic E-state index is 14.0. The smallest absolute Gasteiger partial charge is 0.334 e. The second-order valence-electron chi connectivity index (χ2n) is 12.0. The summed E-state index contributed by atoms with van der Waals surface area (Å²) in [6.45, 7) is 3.87. The van der Waals surface area contributed by atoms with Crippen LogP contribution < -0.4 is 0 Å². The summed E-state index contributed by atoms with van der Waals surface area (Å²) in [5, 5.41) is 0. The van der Waals surface area contributed by atoms with Crippen molar-refractivity contribution in [1.29, 1.82) is 0 Å². The summed E-state index contributed by atoms with van der Waals surface area (Å²) in [4.78, 5) is 67.4. The fourth-order valence-corrected chi connectivity index (χ4v) is 7.49. The number of carbonyl (C=O) groups is 5. The van der Waals surface area contributed by atoms with Crippen LogP contribution in [-0.2, 0) is 47.7 Å². The molecule has 2 fully saturated rings. The van der Waals surface area contributed by atoms with Crippen molar-refractivity contribution in [2.24, 2.45) is 23.2 Å². The molecule has 10 nitrogen and oxygen atoms in total. The summed E-state index contributed by atoms with van der Waals surface area (Å²) in [7, 11) is 3.62. The van der Waals surface area contributed by atoms with Gasteiger partial charge in [0, 0.05) is 24.0 Å². The van der Waals surface area contributed by atoms with Gasteiger partial charge in [-0.25, -0.2) is 9.59 Å². The van der Waals surface area contributed by atoms with Gasteiger partial charge < -0.3 is 23.7 Å². The van der Waals surface area contributed by atoms with Gasteiger partial charge in [0.05, 0.1) is 39.2 Å². The minimum atomic E-state index is -1.86. The number of carbonyl (C=O) groups excluding carboxylic acids is 5. The number of unbranched alkanes of at least 4 members (excludes halogenated alkanes) is 3. The molecule has 0 unspecified atom stereocenters. The molecule has 0 saturated carbocycles. The van der Waals surface area contributed by atoms with Crippen molar-refractivity contribution in [3.05, 3.63) is 47.1 Å². The van der Waals surface area contributed by atoms with Crippen LogP contribution in [0.3, 0.4) is 0 Å². The minimum Gasteiger partial charge on any atom is -0.469 e. The van der Waals surface area contributed by atoms with Gasteiger partial charge in [-0.05, 0) is 57.8 Å². The van der Waals surface area contributed by atoms with Crippen molar-refractivity contribution < 1.29 is 47.7 Å². The van der Waals surface area contributed by atoms with Crippen LogP contribution in [0.4, 0.5) is 0 Å². The molecule has 4 rings (SSSR count). The third-order valence-corrected chi connectivity index (χ3v) is 9.52. The normalized spacial score (nSPS) is 30.6. The number of ketones is 1. The number of rotatable bonds is 14. The zero-order valence-corrected chi connectivity index (χ0v) is 26.3. The standard InChI is InChI=1S/C34H44O10/c1-6-8-10-11-12-14-15-21-17-26-33(20-27(36)40-3)19-23(30(37)41-4)28(31(38)42-5)29-22(21)18-25(24(35)16-13-9-7-2)43-34(26,29)44-32(33)39/h6-9,17,21-22,25,29H,10-16,18-20H2,1-5H3/b8-6+,9-7+/t21-,22-,25+,29+,33+,34+/m0/s1. The van der Waals surface area contributed by atoms with E-state index in [4.69, 9.17) is 23.7 Å². The quantitative estimate of drug-likeness (QED) is 0.116. The van der Waals surface area contributed by atoms with E-state index in [1.807, 2.05) is 38.2 Å². The molecule has 0 amide bonds. The number of esters is 4. The first-order chi connectivity index (χ1) is 21.1. The summed E-state index contributed by atoms with van der Waals surface area (Å²) in [5.41, 5.74) is -1.38. The molecule has 2 aliphatic carbocycles. The predicted molar refractivity (Wildman–Crippen MR) is 159 cm³/mol. The third kappa shape index (κ3) is 5.93. The lowest BCUT2D eigenvalue weighted by molar-refractivity contribution is -0.268. The fraction of sp³-hybridized carbons (Fsp3) is 0.618. The van der Waals surface area contributed by atoms with Gasteiger partial charge in [-0.1, -0.05) is 43.2 Å². The van der Waals surface area contributed by atoms with Gasteiger partial charge in [0.2, 0.25) is 5.79 Å². The number of hydrogen-bond acceptors (Lipinski definition) is 10. The molecule has 6 atom stereocenters. The molecule has 4 aliphatic rings. The molecule has 2 heterocycles. The Morgan fingerprint density at radius 1 is 0.955 bits per heavy atom. The summed E-state index contributed by atoms with van der Waals surface area (Å²) >= 11 is 0. The molecule has 10 heteroatoms. The van der Waals surface area contributed by atoms with E-state index in [0.717, 1.165) is 25.7 Å². The maximum absolute atomic E-state index is 14.0. The Kier molecular flexibility index (Phi) is 10.7. The van der Waals surface area contributed by atoms with E-state index in [0.29, 0.717) is 18.4 Å². The Labute approximate surface area is 258 Å². The van der Waals surface area contributed by atoms with Crippen LogP contribution in [0, 0.1) is 23.2 Å². The first-order valence-corrected chi connectivity index (χ1v) is 15.5. The van der Waals surface area contributed by atoms with Crippen LogP contribution in [0.2, 0.25) is 0 Å². The Morgan fingerprint density at radius 3 is 2.32 bits per heavy atom. The zero-order valence-electron chi connectivity index (χ0n) is 26.3. The van der Waals surface area contributed by atoms with Crippen LogP contribution in [0.25, 0.3) is 0 Å². The van der Waals surface area contributed by atoms with Crippen molar-refractivity contribution in [2.75, 3.05) is 21.3 Å². The number of ether oxygens (including phenoxy) is 5. The lowest BCUT2D eigenvalue weighted by Gasteiger charge is -2.52. The second-order valence-corrected chi connectivity index (χ2v) is 12.0. The van der Waals surface area contributed by atoms with Crippen LogP contribution in [0.1, 0.15) is 78.1 Å². The van der Waals surface area contributed by atoms with Crippen molar-refractivity contribution in [2.45, 2.75) is 89.9 Å². The highest BCUT2D eigenvalue weighted by Crippen LogP contribution is 2.66. The van der Waals surface area contributed by atoms with Crippen LogP contribution in [0.5, 0.6) is 0 Å². The van der Waals surface area contributed by atoms with Crippen molar-refractivity contribution in [3.8, 4) is 0 Å². The number of allylic oxidation sites excluding steroid dienone is 5. The molecule has 2 aliphatic heterocycles. The van der Waals surface area contributed by atoms with Gasteiger partial charge in [0.1, 0.15) is 11.5 Å². The van der Waals surface area contributed by atoms with Gasteiger partial charge in [-0.3, -0.25) is 14.4 Å². The molecular formula is C34H44O10. The SMILES string of the molecule is C/C=C/CCCCC[C@H]1C=C2[C@]3(CC(=O)OC)CC(C(=O)OC)=C(C(=O)OC)[C@H]4[C@H]1C[C@H](C(=O)CC/C=C/C)O[C@@]24OC3=O. The van der Waals surface area contributed by atoms with Crippen molar-refractivity contribution >= 4 is 29.7 Å². The Balaban J connectivity index is 1.92. The van der Waals surface area contributed by atoms with Crippen molar-refractivity contribution in [1.82, 2.24) is 0 Å². The van der Waals surface area contributed by atoms with Gasteiger partial charge in [-0.2, -0.15) is 0 Å². The van der Waals surface area contributed by atoms with Crippen molar-refractivity contribution in [3.63, 3.8) is 0 Å². The molecule has 240 valence electrons. The zero-order chi connectivity index (χ0) is 32.1. The molecule has 1 spiro atoms. The van der Waals surface area contributed by atoms with E-state index in [1.165, 1.54) is 21.3 Å². The van der Waals surface area contributed by atoms with Crippen LogP contribution >= 0.6 is 0 Å². The second kappa shape index (κ2) is 14.1. The highest BCUT2D eigenvalue weighted by molar-refractivity contribution is 6.04. The molecular weight excluding hydrogens is 568 g/mol. The lowest BCUT2D eigenvalue weighted by atomic mass is 9.59. The van der Waals surface area contributed by atoms with Gasteiger partial charge >= 0.3 is 23.9 Å². The van der Waals surface area contributed by atoms with Gasteiger partial charge in [0.25, 0.3) is 0 Å². The molecule has 0 aromatic heterocycles. The average Bonchev–Trinajstić information content (AvgIpc) is 3.19. The highest BCUT2D eigenvalue weighted by Gasteiger charge is 2.74. The molecule has 0 radical (unpaired) electrons. The summed E-state index contributed by atoms with van der Waals surface area (Å²) < 4.78 is 28.0. The molecule has 0 aromatic rings. The average molecular weight is 613 g/mol. The number of Topliss-reactive ketones (excluding diaryl/α,β-unsaturated/α-hetero) is 1. The summed E-state index contributed by atoms with van der Waals surface area (Å²) in [6.07, 6.45) is 13.7. The number of hydrogen-bond donors (Lipinski definition) is 0. The third-order valence-electron chi connectivity index (χ3n) is 9.52. The van der Waals surface area contributed by atoms with E-state index in [1.54, 1.807) is 0 Å². The molecule has 0 aromatic carbocycles. The predicted octanol–water partition coefficient (Wildman–Crippen LogP) is 4.86. The Morgan fingerprint density at radius 2 is 1.66 bits per heavy atom. The Bertz CT molecular complexity index is 1290.